The van der Waals surface area contributed by atoms with Crippen LogP contribution in [0.4, 0.5) is 0 Å². The number of hydrogen-bond acceptors (Lipinski definition) is 4. The molecule has 0 aliphatic carbocycles. The fourth-order valence-electron chi connectivity index (χ4n) is 2.93. The molecule has 5 nitrogen and oxygen atoms in total. The summed E-state index contributed by atoms with van der Waals surface area (Å²) >= 11 is 5.97. The van der Waals surface area contributed by atoms with Crippen LogP contribution in [0.5, 0.6) is 0 Å². The van der Waals surface area contributed by atoms with Gasteiger partial charge < -0.3 is 9.47 Å². The molecule has 1 aromatic carbocycles. The Kier molecular flexibility index (Phi) is 4.68. The molecule has 0 N–H and O–H groups in total. The van der Waals surface area contributed by atoms with Crippen molar-refractivity contribution in [3.63, 3.8) is 0 Å². The van der Waals surface area contributed by atoms with Crippen LogP contribution in [-0.2, 0) is 33.3 Å². The second-order valence-corrected chi connectivity index (χ2v) is 6.24. The summed E-state index contributed by atoms with van der Waals surface area (Å²) in [5.41, 5.74) is 1.14. The zero-order valence-corrected chi connectivity index (χ0v) is 13.8. The molecule has 2 heterocycles. The van der Waals surface area contributed by atoms with E-state index in [1.165, 1.54) is 0 Å². The molecule has 0 bridgehead atoms. The topological polar surface area (TPSA) is 53.4 Å². The SMILES string of the molecule is Cn1cc(COC(=O)C2(c3ccc(Cl)cc3)CCOCC2)cn1. The predicted octanol–water partition coefficient (Wildman–Crippen LogP) is 2.87. The van der Waals surface area contributed by atoms with E-state index in [4.69, 9.17) is 21.1 Å². The van der Waals surface area contributed by atoms with Crippen molar-refractivity contribution >= 4 is 17.6 Å². The third kappa shape index (κ3) is 3.41. The normalized spacial score (nSPS) is 17.0. The molecule has 1 aromatic heterocycles. The first-order valence-electron chi connectivity index (χ1n) is 7.59. The average molecular weight is 335 g/mol. The molecule has 3 rings (SSSR count). The smallest absolute Gasteiger partial charge is 0.317 e. The van der Waals surface area contributed by atoms with Gasteiger partial charge in [-0.1, -0.05) is 23.7 Å². The van der Waals surface area contributed by atoms with Gasteiger partial charge in [-0.3, -0.25) is 9.48 Å². The number of nitrogens with zero attached hydrogens (tertiary/aromatic N) is 2. The number of carbonyl (C=O) groups excluding carboxylic acids is 1. The summed E-state index contributed by atoms with van der Waals surface area (Å²) in [6.07, 6.45) is 4.76. The van der Waals surface area contributed by atoms with Crippen molar-refractivity contribution in [2.75, 3.05) is 13.2 Å². The molecule has 1 saturated heterocycles. The molecule has 2 aromatic rings. The molecule has 122 valence electrons. The lowest BCUT2D eigenvalue weighted by Gasteiger charge is -2.35. The number of ether oxygens (including phenoxy) is 2. The van der Waals surface area contributed by atoms with Gasteiger partial charge in [0.1, 0.15) is 6.61 Å². The number of halogens is 1. The Morgan fingerprint density at radius 3 is 2.65 bits per heavy atom. The molecular weight excluding hydrogens is 316 g/mol. The maximum absolute atomic E-state index is 12.8. The van der Waals surface area contributed by atoms with E-state index in [-0.39, 0.29) is 12.6 Å². The van der Waals surface area contributed by atoms with E-state index in [2.05, 4.69) is 5.10 Å². The predicted molar refractivity (Wildman–Crippen MR) is 86.2 cm³/mol. The summed E-state index contributed by atoms with van der Waals surface area (Å²) in [6.45, 7) is 1.32. The minimum absolute atomic E-state index is 0.216. The van der Waals surface area contributed by atoms with Crippen molar-refractivity contribution in [1.29, 1.82) is 0 Å². The lowest BCUT2D eigenvalue weighted by molar-refractivity contribution is -0.156. The van der Waals surface area contributed by atoms with Gasteiger partial charge in [0.2, 0.25) is 0 Å². The Morgan fingerprint density at radius 1 is 1.35 bits per heavy atom. The first-order chi connectivity index (χ1) is 11.1. The highest BCUT2D eigenvalue weighted by Gasteiger charge is 2.43. The van der Waals surface area contributed by atoms with E-state index in [1.807, 2.05) is 37.5 Å². The van der Waals surface area contributed by atoms with Crippen LogP contribution in [0.25, 0.3) is 0 Å². The van der Waals surface area contributed by atoms with Gasteiger partial charge >= 0.3 is 5.97 Å². The fraction of sp³-hybridized carbons (Fsp3) is 0.412. The van der Waals surface area contributed by atoms with Crippen molar-refractivity contribution < 1.29 is 14.3 Å². The van der Waals surface area contributed by atoms with Gasteiger partial charge in [0.05, 0.1) is 11.6 Å². The lowest BCUT2D eigenvalue weighted by Crippen LogP contribution is -2.42. The minimum atomic E-state index is -0.662. The molecule has 0 radical (unpaired) electrons. The number of hydrogen-bond donors (Lipinski definition) is 0. The highest BCUT2D eigenvalue weighted by molar-refractivity contribution is 6.30. The fourth-order valence-corrected chi connectivity index (χ4v) is 3.06. The first kappa shape index (κ1) is 16.0. The maximum atomic E-state index is 12.8. The number of carbonyl (C=O) groups is 1. The van der Waals surface area contributed by atoms with Crippen molar-refractivity contribution in [2.45, 2.75) is 24.9 Å². The van der Waals surface area contributed by atoms with Crippen molar-refractivity contribution in [2.24, 2.45) is 7.05 Å². The van der Waals surface area contributed by atoms with Crippen LogP contribution >= 0.6 is 11.6 Å². The highest BCUT2D eigenvalue weighted by Crippen LogP contribution is 2.37. The summed E-state index contributed by atoms with van der Waals surface area (Å²) in [4.78, 5) is 12.8. The van der Waals surface area contributed by atoms with E-state index in [1.54, 1.807) is 10.9 Å². The zero-order valence-electron chi connectivity index (χ0n) is 13.0. The lowest BCUT2D eigenvalue weighted by atomic mass is 9.74. The van der Waals surface area contributed by atoms with Crippen LogP contribution in [0.15, 0.2) is 36.7 Å². The number of aromatic nitrogens is 2. The van der Waals surface area contributed by atoms with Crippen molar-refractivity contribution in [1.82, 2.24) is 9.78 Å². The molecule has 1 fully saturated rings. The standard InChI is InChI=1S/C17H19ClN2O3/c1-20-11-13(10-19-20)12-23-16(21)17(6-8-22-9-7-17)14-2-4-15(18)5-3-14/h2-5,10-11H,6-9,12H2,1H3. The molecule has 0 amide bonds. The third-order valence-corrected chi connectivity index (χ3v) is 4.51. The quantitative estimate of drug-likeness (QED) is 0.807. The van der Waals surface area contributed by atoms with Gasteiger partial charge in [-0.2, -0.15) is 5.10 Å². The van der Waals surface area contributed by atoms with Crippen LogP contribution < -0.4 is 0 Å². The van der Waals surface area contributed by atoms with Crippen molar-refractivity contribution in [3.05, 3.63) is 52.8 Å². The molecule has 1 aliphatic rings. The zero-order chi connectivity index (χ0) is 16.3. The minimum Gasteiger partial charge on any atom is -0.460 e. The van der Waals surface area contributed by atoms with Gasteiger partial charge in [-0.05, 0) is 30.5 Å². The highest BCUT2D eigenvalue weighted by atomic mass is 35.5. The van der Waals surface area contributed by atoms with E-state index >= 15 is 0 Å². The largest absolute Gasteiger partial charge is 0.460 e. The van der Waals surface area contributed by atoms with E-state index in [9.17, 15) is 4.79 Å². The van der Waals surface area contributed by atoms with Crippen LogP contribution in [0.3, 0.4) is 0 Å². The number of rotatable bonds is 4. The number of aryl methyl sites for hydroxylation is 1. The third-order valence-electron chi connectivity index (χ3n) is 4.26. The molecule has 6 heteroatoms. The Hall–Kier alpha value is -1.85. The second kappa shape index (κ2) is 6.72. The summed E-state index contributed by atoms with van der Waals surface area (Å²) in [5, 5.41) is 4.74. The summed E-state index contributed by atoms with van der Waals surface area (Å²) in [7, 11) is 1.83. The summed E-state index contributed by atoms with van der Waals surface area (Å²) in [6, 6.07) is 7.42. The van der Waals surface area contributed by atoms with Gasteiger partial charge in [0, 0.05) is 37.0 Å². The molecule has 1 aliphatic heterocycles. The van der Waals surface area contributed by atoms with Crippen LogP contribution in [0, 0.1) is 0 Å². The average Bonchev–Trinajstić information content (AvgIpc) is 2.99. The van der Waals surface area contributed by atoms with Gasteiger partial charge in [-0.15, -0.1) is 0 Å². The Morgan fingerprint density at radius 2 is 2.04 bits per heavy atom. The van der Waals surface area contributed by atoms with Crippen molar-refractivity contribution in [3.8, 4) is 0 Å². The van der Waals surface area contributed by atoms with Gasteiger partial charge in [-0.25, -0.2) is 0 Å². The molecular formula is C17H19ClN2O3. The Bertz CT molecular complexity index is 675. The van der Waals surface area contributed by atoms with Gasteiger partial charge in [0.15, 0.2) is 0 Å². The van der Waals surface area contributed by atoms with Crippen LogP contribution in [0.2, 0.25) is 5.02 Å². The molecule has 0 atom stereocenters. The Balaban J connectivity index is 1.80. The second-order valence-electron chi connectivity index (χ2n) is 5.80. The maximum Gasteiger partial charge on any atom is 0.317 e. The Labute approximate surface area is 140 Å². The molecule has 23 heavy (non-hydrogen) atoms. The van der Waals surface area contributed by atoms with Crippen LogP contribution in [-0.4, -0.2) is 29.0 Å². The van der Waals surface area contributed by atoms with Crippen LogP contribution in [0.1, 0.15) is 24.0 Å². The summed E-state index contributed by atoms with van der Waals surface area (Å²) < 4.78 is 12.7. The molecule has 0 spiro atoms. The molecule has 0 unspecified atom stereocenters. The monoisotopic (exact) mass is 334 g/mol. The van der Waals surface area contributed by atoms with Gasteiger partial charge in [0.25, 0.3) is 0 Å². The van der Waals surface area contributed by atoms with E-state index < -0.39 is 5.41 Å². The summed E-state index contributed by atoms with van der Waals surface area (Å²) in [5.74, 6) is -0.216. The van der Waals surface area contributed by atoms with E-state index in [0.29, 0.717) is 31.1 Å². The first-order valence-corrected chi connectivity index (χ1v) is 7.96. The molecule has 0 saturated carbocycles. The van der Waals surface area contributed by atoms with E-state index in [0.717, 1.165) is 11.1 Å². The number of esters is 1. The number of benzene rings is 1.